The molecule has 1 unspecified atom stereocenters. The van der Waals surface area contributed by atoms with E-state index in [0.29, 0.717) is 12.2 Å². The van der Waals surface area contributed by atoms with Crippen molar-refractivity contribution in [2.24, 2.45) is 0 Å². The van der Waals surface area contributed by atoms with Crippen molar-refractivity contribution in [1.82, 2.24) is 4.90 Å². The van der Waals surface area contributed by atoms with E-state index >= 15 is 0 Å². The summed E-state index contributed by atoms with van der Waals surface area (Å²) in [5.74, 6) is 0.355. The van der Waals surface area contributed by atoms with Crippen molar-refractivity contribution in [3.63, 3.8) is 0 Å². The summed E-state index contributed by atoms with van der Waals surface area (Å²) in [6.07, 6.45) is 1.75. The molecule has 0 aromatic carbocycles. The van der Waals surface area contributed by atoms with Gasteiger partial charge in [0.1, 0.15) is 5.78 Å². The average Bonchev–Trinajstić information content (AvgIpc) is 2.73. The van der Waals surface area contributed by atoms with Crippen LogP contribution in [0.15, 0.2) is 11.4 Å². The number of carbonyl (C=O) groups is 1. The Kier molecular flexibility index (Phi) is 3.22. The van der Waals surface area contributed by atoms with E-state index in [9.17, 15) is 4.79 Å². The van der Waals surface area contributed by atoms with Crippen LogP contribution in [-0.4, -0.2) is 23.3 Å². The van der Waals surface area contributed by atoms with Crippen LogP contribution in [0.2, 0.25) is 0 Å². The Morgan fingerprint density at radius 1 is 1.67 bits per heavy atom. The molecule has 1 aliphatic rings. The lowest BCUT2D eigenvalue weighted by atomic mass is 10.0. The zero-order valence-electron chi connectivity index (χ0n) is 9.32. The molecule has 0 amide bonds. The van der Waals surface area contributed by atoms with Crippen LogP contribution in [0.25, 0.3) is 0 Å². The summed E-state index contributed by atoms with van der Waals surface area (Å²) < 4.78 is 0. The molecule has 2 rings (SSSR count). The molecule has 2 nitrogen and oxygen atoms in total. The number of hydrogen-bond donors (Lipinski definition) is 0. The first kappa shape index (κ1) is 10.8. The minimum absolute atomic E-state index is 0.0862. The van der Waals surface area contributed by atoms with Gasteiger partial charge in [0.05, 0.1) is 6.04 Å². The lowest BCUT2D eigenvalue weighted by Gasteiger charge is -2.31. The van der Waals surface area contributed by atoms with Gasteiger partial charge in [-0.2, -0.15) is 0 Å². The van der Waals surface area contributed by atoms with Gasteiger partial charge in [-0.1, -0.05) is 6.92 Å². The first-order valence-electron chi connectivity index (χ1n) is 5.54. The van der Waals surface area contributed by atoms with Gasteiger partial charge in [0.15, 0.2) is 0 Å². The highest BCUT2D eigenvalue weighted by Gasteiger charge is 2.24. The molecule has 1 aromatic heterocycles. The second-order valence-electron chi connectivity index (χ2n) is 4.09. The molecule has 0 N–H and O–H groups in total. The Balaban J connectivity index is 2.06. The summed E-state index contributed by atoms with van der Waals surface area (Å²) in [6, 6.07) is 2.28. The standard InChI is InChI=1S/C12H17NOS/c1-3-11(14)9(2)13-6-4-12-10(8-13)5-7-15-12/h5,7,9H,3-4,6,8H2,1-2H3. The number of Topliss-reactive ketones (excluding diaryl/α,β-unsaturated/α-hetero) is 1. The number of ketones is 1. The second kappa shape index (κ2) is 4.45. The third-order valence-electron chi connectivity index (χ3n) is 3.20. The van der Waals surface area contributed by atoms with E-state index in [1.54, 1.807) is 0 Å². The highest BCUT2D eigenvalue weighted by molar-refractivity contribution is 7.10. The molecule has 1 aromatic rings. The smallest absolute Gasteiger partial charge is 0.149 e. The van der Waals surface area contributed by atoms with Crippen molar-refractivity contribution in [3.05, 3.63) is 21.9 Å². The Labute approximate surface area is 94.9 Å². The van der Waals surface area contributed by atoms with Crippen LogP contribution in [0.5, 0.6) is 0 Å². The Hall–Kier alpha value is -0.670. The lowest BCUT2D eigenvalue weighted by molar-refractivity contribution is -0.123. The van der Waals surface area contributed by atoms with Crippen LogP contribution in [0.4, 0.5) is 0 Å². The lowest BCUT2D eigenvalue weighted by Crippen LogP contribution is -2.41. The van der Waals surface area contributed by atoms with Crippen molar-refractivity contribution < 1.29 is 4.79 Å². The predicted molar refractivity (Wildman–Crippen MR) is 63.2 cm³/mol. The number of fused-ring (bicyclic) bond motifs is 1. The number of hydrogen-bond acceptors (Lipinski definition) is 3. The molecule has 0 saturated carbocycles. The number of nitrogens with zero attached hydrogens (tertiary/aromatic N) is 1. The van der Waals surface area contributed by atoms with Crippen molar-refractivity contribution in [2.75, 3.05) is 6.54 Å². The van der Waals surface area contributed by atoms with Gasteiger partial charge < -0.3 is 0 Å². The van der Waals surface area contributed by atoms with Crippen molar-refractivity contribution in [2.45, 2.75) is 39.3 Å². The Morgan fingerprint density at radius 3 is 3.20 bits per heavy atom. The van der Waals surface area contributed by atoms with Crippen LogP contribution >= 0.6 is 11.3 Å². The maximum atomic E-state index is 11.6. The molecule has 0 spiro atoms. The molecule has 82 valence electrons. The number of thiophene rings is 1. The quantitative estimate of drug-likeness (QED) is 0.784. The summed E-state index contributed by atoms with van der Waals surface area (Å²) in [6.45, 7) is 5.95. The van der Waals surface area contributed by atoms with Gasteiger partial charge in [0, 0.05) is 24.4 Å². The molecule has 1 aliphatic heterocycles. The number of rotatable bonds is 3. The van der Waals surface area contributed by atoms with Gasteiger partial charge in [-0.3, -0.25) is 9.69 Å². The van der Waals surface area contributed by atoms with Gasteiger partial charge in [0.2, 0.25) is 0 Å². The van der Waals surface area contributed by atoms with E-state index < -0.39 is 0 Å². The van der Waals surface area contributed by atoms with Gasteiger partial charge in [0.25, 0.3) is 0 Å². The Morgan fingerprint density at radius 2 is 2.47 bits per heavy atom. The highest BCUT2D eigenvalue weighted by Crippen LogP contribution is 2.25. The average molecular weight is 223 g/mol. The topological polar surface area (TPSA) is 20.3 Å². The monoisotopic (exact) mass is 223 g/mol. The fraction of sp³-hybridized carbons (Fsp3) is 0.583. The van der Waals surface area contributed by atoms with Crippen molar-refractivity contribution >= 4 is 17.1 Å². The predicted octanol–water partition coefficient (Wildman–Crippen LogP) is 2.47. The summed E-state index contributed by atoms with van der Waals surface area (Å²) >= 11 is 1.84. The minimum atomic E-state index is 0.0862. The molecule has 0 aliphatic carbocycles. The zero-order chi connectivity index (χ0) is 10.8. The van der Waals surface area contributed by atoms with E-state index in [4.69, 9.17) is 0 Å². The van der Waals surface area contributed by atoms with Gasteiger partial charge in [-0.15, -0.1) is 11.3 Å². The summed E-state index contributed by atoms with van der Waals surface area (Å²) in [4.78, 5) is 15.4. The fourth-order valence-corrected chi connectivity index (χ4v) is 2.99. The highest BCUT2D eigenvalue weighted by atomic mass is 32.1. The summed E-state index contributed by atoms with van der Waals surface area (Å²) in [7, 11) is 0. The third-order valence-corrected chi connectivity index (χ3v) is 4.22. The van der Waals surface area contributed by atoms with E-state index in [1.807, 2.05) is 25.2 Å². The van der Waals surface area contributed by atoms with Gasteiger partial charge in [-0.05, 0) is 30.4 Å². The molecular formula is C12H17NOS. The van der Waals surface area contributed by atoms with E-state index in [0.717, 1.165) is 19.5 Å². The van der Waals surface area contributed by atoms with Crippen LogP contribution in [0.3, 0.4) is 0 Å². The SMILES string of the molecule is CCC(=O)C(C)N1CCc2sccc2C1. The van der Waals surface area contributed by atoms with Crippen LogP contribution < -0.4 is 0 Å². The maximum absolute atomic E-state index is 11.6. The second-order valence-corrected chi connectivity index (χ2v) is 5.09. The van der Waals surface area contributed by atoms with E-state index in [2.05, 4.69) is 16.3 Å². The molecule has 15 heavy (non-hydrogen) atoms. The van der Waals surface area contributed by atoms with E-state index in [-0.39, 0.29) is 6.04 Å². The molecule has 3 heteroatoms. The summed E-state index contributed by atoms with van der Waals surface area (Å²) in [5, 5.41) is 2.15. The normalized spacial score (nSPS) is 18.5. The minimum Gasteiger partial charge on any atom is -0.298 e. The van der Waals surface area contributed by atoms with Crippen LogP contribution in [-0.2, 0) is 17.8 Å². The molecule has 0 fully saturated rings. The van der Waals surface area contributed by atoms with Gasteiger partial charge in [-0.25, -0.2) is 0 Å². The van der Waals surface area contributed by atoms with Crippen molar-refractivity contribution in [1.29, 1.82) is 0 Å². The summed E-state index contributed by atoms with van der Waals surface area (Å²) in [5.41, 5.74) is 1.42. The van der Waals surface area contributed by atoms with Crippen molar-refractivity contribution in [3.8, 4) is 0 Å². The number of carbonyl (C=O) groups excluding carboxylic acids is 1. The first-order valence-corrected chi connectivity index (χ1v) is 6.42. The fourth-order valence-electron chi connectivity index (χ4n) is 2.10. The molecule has 0 radical (unpaired) electrons. The first-order chi connectivity index (χ1) is 7.22. The maximum Gasteiger partial charge on any atom is 0.149 e. The molecule has 0 bridgehead atoms. The third kappa shape index (κ3) is 2.13. The Bertz CT molecular complexity index is 358. The molecule has 2 heterocycles. The van der Waals surface area contributed by atoms with Crippen LogP contribution in [0.1, 0.15) is 30.7 Å². The van der Waals surface area contributed by atoms with E-state index in [1.165, 1.54) is 10.4 Å². The van der Waals surface area contributed by atoms with Gasteiger partial charge >= 0.3 is 0 Å². The molecule has 0 saturated heterocycles. The zero-order valence-corrected chi connectivity index (χ0v) is 10.1. The largest absolute Gasteiger partial charge is 0.298 e. The molecule has 1 atom stereocenters. The molecular weight excluding hydrogens is 206 g/mol. The van der Waals surface area contributed by atoms with Crippen LogP contribution in [0, 0.1) is 0 Å².